The number of carbonyl (C=O) groups is 2. The van der Waals surface area contributed by atoms with Crippen LogP contribution in [0, 0.1) is 0 Å². The van der Waals surface area contributed by atoms with Gasteiger partial charge >= 0.3 is 6.03 Å². The second-order valence-electron chi connectivity index (χ2n) is 7.88. The van der Waals surface area contributed by atoms with Crippen LogP contribution in [0.5, 0.6) is 0 Å². The molecule has 1 saturated heterocycles. The third-order valence-corrected chi connectivity index (χ3v) is 5.81. The Morgan fingerprint density at radius 2 is 1.69 bits per heavy atom. The van der Waals surface area contributed by atoms with Gasteiger partial charge in [-0.15, -0.1) is 0 Å². The van der Waals surface area contributed by atoms with Gasteiger partial charge < -0.3 is 10.2 Å². The van der Waals surface area contributed by atoms with E-state index in [0.717, 1.165) is 24.1 Å². The molecule has 3 aromatic carbocycles. The number of hydrogen-bond acceptors (Lipinski definition) is 2. The Hall–Kier alpha value is -3.31. The van der Waals surface area contributed by atoms with Crippen LogP contribution in [0.15, 0.2) is 78.9 Å². The van der Waals surface area contributed by atoms with Gasteiger partial charge in [0.25, 0.3) is 5.91 Å². The van der Waals surface area contributed by atoms with E-state index in [0.29, 0.717) is 36.8 Å². The molecular weight excluding hydrogens is 422 g/mol. The number of carbonyl (C=O) groups excluding carboxylic acids is 2. The van der Waals surface area contributed by atoms with Crippen molar-refractivity contribution in [2.45, 2.75) is 19.4 Å². The Balaban J connectivity index is 1.39. The summed E-state index contributed by atoms with van der Waals surface area (Å²) in [7, 11) is 0. The highest BCUT2D eigenvalue weighted by Gasteiger charge is 2.27. The van der Waals surface area contributed by atoms with Gasteiger partial charge in [-0.3, -0.25) is 9.69 Å². The van der Waals surface area contributed by atoms with Crippen LogP contribution in [0.1, 0.15) is 27.9 Å². The molecule has 0 unspecified atom stereocenters. The number of rotatable bonds is 7. The summed E-state index contributed by atoms with van der Waals surface area (Å²) in [6.07, 6.45) is 1.64. The molecule has 1 heterocycles. The first-order valence-corrected chi connectivity index (χ1v) is 11.2. The lowest BCUT2D eigenvalue weighted by molar-refractivity contribution is 0.0954. The van der Waals surface area contributed by atoms with Crippen LogP contribution in [0.25, 0.3) is 0 Å². The molecule has 0 aliphatic carbocycles. The Morgan fingerprint density at radius 3 is 2.47 bits per heavy atom. The number of urea groups is 1. The second kappa shape index (κ2) is 10.3. The van der Waals surface area contributed by atoms with Crippen LogP contribution < -0.4 is 10.2 Å². The summed E-state index contributed by atoms with van der Waals surface area (Å²) in [5.41, 5.74) is 3.52. The number of benzene rings is 3. The number of nitrogens with zero attached hydrogens (tertiary/aromatic N) is 2. The van der Waals surface area contributed by atoms with Crippen molar-refractivity contribution in [3.8, 4) is 0 Å². The van der Waals surface area contributed by atoms with Gasteiger partial charge in [-0.1, -0.05) is 60.1 Å². The number of nitrogens with one attached hydrogen (secondary N) is 1. The maximum absolute atomic E-state index is 13.1. The molecule has 0 spiro atoms. The highest BCUT2D eigenvalue weighted by molar-refractivity contribution is 6.30. The lowest BCUT2D eigenvalue weighted by atomic mass is 10.1. The minimum atomic E-state index is -0.134. The molecule has 1 aliphatic heterocycles. The van der Waals surface area contributed by atoms with Crippen molar-refractivity contribution in [2.24, 2.45) is 0 Å². The van der Waals surface area contributed by atoms with E-state index in [1.807, 2.05) is 71.6 Å². The van der Waals surface area contributed by atoms with Crippen LogP contribution >= 0.6 is 11.6 Å². The summed E-state index contributed by atoms with van der Waals surface area (Å²) in [4.78, 5) is 29.4. The molecule has 3 aromatic rings. The van der Waals surface area contributed by atoms with Gasteiger partial charge in [0, 0.05) is 42.5 Å². The maximum atomic E-state index is 13.1. The third kappa shape index (κ3) is 5.48. The second-order valence-corrected chi connectivity index (χ2v) is 8.31. The Bertz CT molecular complexity index is 1070. The van der Waals surface area contributed by atoms with Gasteiger partial charge in [-0.05, 0) is 54.3 Å². The lowest BCUT2D eigenvalue weighted by Crippen LogP contribution is -2.49. The van der Waals surface area contributed by atoms with Crippen LogP contribution in [0.3, 0.4) is 0 Å². The summed E-state index contributed by atoms with van der Waals surface area (Å²) >= 11 is 5.97. The molecule has 1 N–H and O–H groups in total. The number of halogens is 1. The van der Waals surface area contributed by atoms with E-state index in [4.69, 9.17) is 11.6 Å². The van der Waals surface area contributed by atoms with E-state index < -0.39 is 0 Å². The fourth-order valence-corrected chi connectivity index (χ4v) is 3.99. The van der Waals surface area contributed by atoms with Crippen molar-refractivity contribution in [3.05, 3.63) is 101 Å². The quantitative estimate of drug-likeness (QED) is 0.545. The predicted octanol–water partition coefficient (Wildman–Crippen LogP) is 5.14. The summed E-state index contributed by atoms with van der Waals surface area (Å²) in [5.74, 6) is -0.134. The van der Waals surface area contributed by atoms with E-state index in [-0.39, 0.29) is 11.9 Å². The normalized spacial score (nSPS) is 13.8. The Morgan fingerprint density at radius 1 is 0.906 bits per heavy atom. The summed E-state index contributed by atoms with van der Waals surface area (Å²) < 4.78 is 0. The van der Waals surface area contributed by atoms with E-state index in [2.05, 4.69) is 5.32 Å². The van der Waals surface area contributed by atoms with Crippen LogP contribution in [-0.4, -0.2) is 36.5 Å². The zero-order chi connectivity index (χ0) is 22.3. The Labute approximate surface area is 193 Å². The molecule has 0 atom stereocenters. The molecule has 0 aromatic heterocycles. The predicted molar refractivity (Wildman–Crippen MR) is 128 cm³/mol. The summed E-state index contributed by atoms with van der Waals surface area (Å²) in [6, 6.07) is 24.8. The molecule has 32 heavy (non-hydrogen) atoms. The van der Waals surface area contributed by atoms with Crippen LogP contribution in [0.4, 0.5) is 10.5 Å². The van der Waals surface area contributed by atoms with E-state index >= 15 is 0 Å². The zero-order valence-corrected chi connectivity index (χ0v) is 18.6. The summed E-state index contributed by atoms with van der Waals surface area (Å²) in [5, 5.41) is 3.65. The fraction of sp³-hybridized carbons (Fsp3) is 0.231. The molecular formula is C26H26ClN3O2. The van der Waals surface area contributed by atoms with Crippen molar-refractivity contribution in [3.63, 3.8) is 0 Å². The SMILES string of the molecule is O=C(NCCc1ccccc1)c1cccc(N2CCCN(Cc3ccc(Cl)cc3)C2=O)c1. The van der Waals surface area contributed by atoms with Crippen molar-refractivity contribution in [1.82, 2.24) is 10.2 Å². The monoisotopic (exact) mass is 447 g/mol. The Kier molecular flexibility index (Phi) is 7.07. The molecule has 1 fully saturated rings. The molecule has 5 nitrogen and oxygen atoms in total. The molecule has 6 heteroatoms. The minimum absolute atomic E-state index is 0.0483. The van der Waals surface area contributed by atoms with Crippen molar-refractivity contribution in [1.29, 1.82) is 0 Å². The maximum Gasteiger partial charge on any atom is 0.324 e. The molecule has 0 bridgehead atoms. The van der Waals surface area contributed by atoms with Gasteiger partial charge in [0.05, 0.1) is 0 Å². The highest BCUT2D eigenvalue weighted by atomic mass is 35.5. The highest BCUT2D eigenvalue weighted by Crippen LogP contribution is 2.23. The summed E-state index contributed by atoms with van der Waals surface area (Å²) in [6.45, 7) is 2.43. The fourth-order valence-electron chi connectivity index (χ4n) is 3.86. The first-order chi connectivity index (χ1) is 15.6. The van der Waals surface area contributed by atoms with Gasteiger partial charge in [0.1, 0.15) is 0 Å². The third-order valence-electron chi connectivity index (χ3n) is 5.56. The first-order valence-electron chi connectivity index (χ1n) is 10.8. The molecule has 3 amide bonds. The van der Waals surface area contributed by atoms with Gasteiger partial charge in [-0.2, -0.15) is 0 Å². The molecule has 4 rings (SSSR count). The van der Waals surface area contributed by atoms with Crippen LogP contribution in [0.2, 0.25) is 5.02 Å². The van der Waals surface area contributed by atoms with Crippen molar-refractivity contribution in [2.75, 3.05) is 24.5 Å². The number of hydrogen-bond donors (Lipinski definition) is 1. The lowest BCUT2D eigenvalue weighted by Gasteiger charge is -2.35. The van der Waals surface area contributed by atoms with Crippen molar-refractivity contribution < 1.29 is 9.59 Å². The number of amides is 3. The minimum Gasteiger partial charge on any atom is -0.352 e. The van der Waals surface area contributed by atoms with Gasteiger partial charge in [0.15, 0.2) is 0 Å². The van der Waals surface area contributed by atoms with E-state index in [1.54, 1.807) is 17.0 Å². The topological polar surface area (TPSA) is 52.7 Å². The first kappa shape index (κ1) is 21.9. The molecule has 0 radical (unpaired) electrons. The largest absolute Gasteiger partial charge is 0.352 e. The average molecular weight is 448 g/mol. The standard InChI is InChI=1S/C26H26ClN3O2/c27-23-12-10-21(11-13-23)19-29-16-5-17-30(26(29)32)24-9-4-8-22(18-24)25(31)28-15-14-20-6-2-1-3-7-20/h1-4,6-13,18H,5,14-17,19H2,(H,28,31). The van der Waals surface area contributed by atoms with Gasteiger partial charge in [0.2, 0.25) is 0 Å². The smallest absolute Gasteiger partial charge is 0.324 e. The zero-order valence-electron chi connectivity index (χ0n) is 17.8. The van der Waals surface area contributed by atoms with Crippen LogP contribution in [-0.2, 0) is 13.0 Å². The van der Waals surface area contributed by atoms with Gasteiger partial charge in [-0.25, -0.2) is 4.79 Å². The molecule has 1 aliphatic rings. The van der Waals surface area contributed by atoms with E-state index in [9.17, 15) is 9.59 Å². The molecule has 0 saturated carbocycles. The molecule has 164 valence electrons. The van der Waals surface area contributed by atoms with Crippen molar-refractivity contribution >= 4 is 29.2 Å². The average Bonchev–Trinajstić information content (AvgIpc) is 2.82. The number of anilines is 1. The van der Waals surface area contributed by atoms with E-state index in [1.165, 1.54) is 5.56 Å².